The number of aliphatic carboxylic acids is 1. The molecule has 0 spiro atoms. The first-order valence-corrected chi connectivity index (χ1v) is 14.4. The second-order valence-electron chi connectivity index (χ2n) is 11.3. The normalized spacial score (nSPS) is 28.4. The van der Waals surface area contributed by atoms with Crippen LogP contribution in [0.5, 0.6) is 5.75 Å². The lowest BCUT2D eigenvalue weighted by atomic mass is 9.70. The summed E-state index contributed by atoms with van der Waals surface area (Å²) in [6.45, 7) is 1.88. The van der Waals surface area contributed by atoms with E-state index in [1.54, 1.807) is 31.3 Å². The third-order valence-electron chi connectivity index (χ3n) is 8.72. The van der Waals surface area contributed by atoms with Crippen molar-refractivity contribution in [1.29, 1.82) is 0 Å². The summed E-state index contributed by atoms with van der Waals surface area (Å²) in [6.07, 6.45) is 6.77. The summed E-state index contributed by atoms with van der Waals surface area (Å²) in [5, 5.41) is 33.2. The summed E-state index contributed by atoms with van der Waals surface area (Å²) < 4.78 is 6.35. The van der Waals surface area contributed by atoms with Crippen LogP contribution in [0.4, 0.5) is 5.69 Å². The van der Waals surface area contributed by atoms with Crippen LogP contribution in [0.2, 0.25) is 5.02 Å². The molecule has 1 fully saturated rings. The Bertz CT molecular complexity index is 1300. The molecule has 2 aliphatic heterocycles. The Labute approximate surface area is 239 Å². The summed E-state index contributed by atoms with van der Waals surface area (Å²) in [6, 6.07) is 10.7. The van der Waals surface area contributed by atoms with Gasteiger partial charge in [0.15, 0.2) is 5.60 Å². The first-order chi connectivity index (χ1) is 19.2. The molecule has 1 saturated carbocycles. The maximum Gasteiger partial charge on any atom is 0.340 e. The lowest BCUT2D eigenvalue weighted by molar-refractivity contribution is -0.164. The number of hydrogen-bond acceptors (Lipinski definition) is 6. The number of carbonyl (C=O) groups is 2. The van der Waals surface area contributed by atoms with Gasteiger partial charge in [-0.05, 0) is 84.9 Å². The summed E-state index contributed by atoms with van der Waals surface area (Å²) >= 11 is 6.28. The molecule has 2 aromatic rings. The van der Waals surface area contributed by atoms with Crippen LogP contribution in [-0.2, 0) is 28.2 Å². The average molecular weight is 569 g/mol. The number of rotatable bonds is 1. The molecule has 214 valence electrons. The number of nitrogens with zero attached hydrogens (tertiary/aromatic N) is 2. The minimum atomic E-state index is -2.41. The van der Waals surface area contributed by atoms with Gasteiger partial charge in [-0.25, -0.2) is 4.79 Å². The Morgan fingerprint density at radius 3 is 2.70 bits per heavy atom. The van der Waals surface area contributed by atoms with Crippen LogP contribution in [0.15, 0.2) is 48.6 Å². The molecule has 0 unspecified atom stereocenters. The average Bonchev–Trinajstić information content (AvgIpc) is 2.93. The number of ether oxygens (including phenoxy) is 1. The van der Waals surface area contributed by atoms with E-state index in [9.17, 15) is 24.9 Å². The van der Waals surface area contributed by atoms with Crippen molar-refractivity contribution in [3.8, 4) is 5.75 Å². The third-order valence-corrected chi connectivity index (χ3v) is 8.96. The van der Waals surface area contributed by atoms with Crippen LogP contribution in [0.1, 0.15) is 48.8 Å². The molecule has 2 heterocycles. The van der Waals surface area contributed by atoms with E-state index >= 15 is 0 Å². The molecule has 2 bridgehead atoms. The highest BCUT2D eigenvalue weighted by Crippen LogP contribution is 2.42. The highest BCUT2D eigenvalue weighted by molar-refractivity contribution is 6.30. The monoisotopic (exact) mass is 568 g/mol. The van der Waals surface area contributed by atoms with Gasteiger partial charge in [-0.15, -0.1) is 0 Å². The predicted molar refractivity (Wildman–Crippen MR) is 153 cm³/mol. The molecule has 0 radical (unpaired) electrons. The largest absolute Gasteiger partial charge is 0.487 e. The number of carboxylic acids is 1. The molecule has 2 aromatic carbocycles. The zero-order valence-corrected chi connectivity index (χ0v) is 23.5. The van der Waals surface area contributed by atoms with Crippen molar-refractivity contribution < 1.29 is 29.6 Å². The smallest absolute Gasteiger partial charge is 0.340 e. The number of anilines is 1. The van der Waals surface area contributed by atoms with Crippen LogP contribution in [0.3, 0.4) is 0 Å². The fraction of sp³-hybridized carbons (Fsp3) is 0.484. The Hall–Kier alpha value is -3.07. The summed E-state index contributed by atoms with van der Waals surface area (Å²) in [7, 11) is 1.56. The maximum atomic E-state index is 13.0. The summed E-state index contributed by atoms with van der Waals surface area (Å²) in [4.78, 5) is 29.0. The molecule has 1 amide bonds. The van der Waals surface area contributed by atoms with Gasteiger partial charge in [0.25, 0.3) is 0 Å². The van der Waals surface area contributed by atoms with Gasteiger partial charge in [0.05, 0.1) is 18.2 Å². The molecular formula is C31H37ClN2O6. The van der Waals surface area contributed by atoms with E-state index < -0.39 is 30.0 Å². The molecule has 8 nitrogen and oxygen atoms in total. The Balaban J connectivity index is 1.59. The molecule has 3 aliphatic rings. The predicted octanol–water partition coefficient (Wildman–Crippen LogP) is 4.14. The second-order valence-corrected chi connectivity index (χ2v) is 11.8. The molecule has 4 atom stereocenters. The van der Waals surface area contributed by atoms with Crippen LogP contribution >= 0.6 is 11.6 Å². The number of halogens is 1. The van der Waals surface area contributed by atoms with E-state index in [2.05, 4.69) is 4.90 Å². The van der Waals surface area contributed by atoms with Gasteiger partial charge in [-0.1, -0.05) is 35.9 Å². The molecular weight excluding hydrogens is 532 g/mol. The lowest BCUT2D eigenvalue weighted by Crippen LogP contribution is -2.43. The van der Waals surface area contributed by atoms with E-state index in [1.165, 1.54) is 11.0 Å². The van der Waals surface area contributed by atoms with Gasteiger partial charge in [-0.3, -0.25) is 4.79 Å². The van der Waals surface area contributed by atoms with E-state index in [-0.39, 0.29) is 23.9 Å². The van der Waals surface area contributed by atoms with Crippen LogP contribution < -0.4 is 9.64 Å². The number of likely N-dealkylation sites (N-methyl/N-ethyl adjacent to an activating group) is 1. The fourth-order valence-electron chi connectivity index (χ4n) is 6.01. The van der Waals surface area contributed by atoms with E-state index in [0.29, 0.717) is 36.2 Å². The van der Waals surface area contributed by atoms with E-state index in [0.717, 1.165) is 43.2 Å². The number of amides is 1. The van der Waals surface area contributed by atoms with Gasteiger partial charge in [0, 0.05) is 31.7 Å². The number of fused-ring (bicyclic) bond motifs is 3. The Kier molecular flexibility index (Phi) is 8.40. The molecule has 3 N–H and O–H groups in total. The fourth-order valence-corrected chi connectivity index (χ4v) is 6.20. The summed E-state index contributed by atoms with van der Waals surface area (Å²) in [5.74, 6) is -1.10. The zero-order valence-electron chi connectivity index (χ0n) is 22.8. The van der Waals surface area contributed by atoms with Gasteiger partial charge in [-0.2, -0.15) is 0 Å². The van der Waals surface area contributed by atoms with Gasteiger partial charge >= 0.3 is 5.97 Å². The van der Waals surface area contributed by atoms with Crippen molar-refractivity contribution in [3.05, 3.63) is 70.3 Å². The topological polar surface area (TPSA) is 111 Å². The van der Waals surface area contributed by atoms with Crippen LogP contribution in [0, 0.1) is 11.8 Å². The standard InChI is InChI=1S/C31H37ClN2O6/c1-33-13-4-6-27(35)25-11-8-21(25)18-34-14-3-2-5-20-15-24(32)10-7-22(20)19-40-28-12-9-23(16-26(28)34)31(39,30(37)38)17-29(33)36/h4,6-7,9-10,12,15-16,21,25,27,35,39H,2-3,5,8,11,13-14,17-19H2,1H3,(H,37,38)/b6-4+/t21-,25+,27-,31+/m0/s1. The van der Waals surface area contributed by atoms with Gasteiger partial charge < -0.3 is 29.9 Å². The molecule has 1 aliphatic carbocycles. The van der Waals surface area contributed by atoms with Crippen molar-refractivity contribution >= 4 is 29.2 Å². The second kappa shape index (κ2) is 11.8. The number of hydrogen-bond donors (Lipinski definition) is 3. The van der Waals surface area contributed by atoms with E-state index in [1.807, 2.05) is 18.2 Å². The van der Waals surface area contributed by atoms with Crippen molar-refractivity contribution in [2.45, 2.75) is 56.8 Å². The number of benzene rings is 2. The SMILES string of the molecule is CN1C/C=C/[C@H](O)[C@@H]2CC[C@H]2CN2CCCCc3cc(Cl)ccc3COc3ccc(cc32)[C@@](O)(C(=O)O)CC1=O. The quantitative estimate of drug-likeness (QED) is 0.443. The lowest BCUT2D eigenvalue weighted by Gasteiger charge is -2.42. The summed E-state index contributed by atoms with van der Waals surface area (Å²) in [5.41, 5.74) is 0.582. The van der Waals surface area contributed by atoms with Gasteiger partial charge in [0.1, 0.15) is 12.4 Å². The minimum absolute atomic E-state index is 0.0930. The molecule has 0 aromatic heterocycles. The molecule has 9 heteroatoms. The van der Waals surface area contributed by atoms with Crippen molar-refractivity contribution in [2.24, 2.45) is 11.8 Å². The molecule has 0 saturated heterocycles. The molecule has 5 rings (SSSR count). The highest BCUT2D eigenvalue weighted by Gasteiger charge is 2.42. The number of carboxylic acid groups (broad SMARTS) is 1. The van der Waals surface area contributed by atoms with Crippen LogP contribution in [0.25, 0.3) is 0 Å². The van der Waals surface area contributed by atoms with E-state index in [4.69, 9.17) is 16.3 Å². The maximum absolute atomic E-state index is 13.0. The zero-order chi connectivity index (χ0) is 28.4. The first-order valence-electron chi connectivity index (χ1n) is 14.0. The number of aliphatic hydroxyl groups excluding tert-OH is 1. The Morgan fingerprint density at radius 2 is 1.95 bits per heavy atom. The Morgan fingerprint density at radius 1 is 1.12 bits per heavy atom. The number of carbonyl (C=O) groups excluding carboxylic acids is 1. The number of aliphatic hydroxyl groups is 2. The minimum Gasteiger partial charge on any atom is -0.487 e. The van der Waals surface area contributed by atoms with Crippen LogP contribution in [-0.4, -0.2) is 64.9 Å². The van der Waals surface area contributed by atoms with Crippen molar-refractivity contribution in [3.63, 3.8) is 0 Å². The van der Waals surface area contributed by atoms with Crippen molar-refractivity contribution in [2.75, 3.05) is 31.6 Å². The third kappa shape index (κ3) is 5.85. The highest BCUT2D eigenvalue weighted by atomic mass is 35.5. The first kappa shape index (κ1) is 28.5. The molecule has 40 heavy (non-hydrogen) atoms. The van der Waals surface area contributed by atoms with Crippen molar-refractivity contribution in [1.82, 2.24) is 4.90 Å². The number of aryl methyl sites for hydroxylation is 1. The van der Waals surface area contributed by atoms with Gasteiger partial charge in [0.2, 0.25) is 5.91 Å².